The quantitative estimate of drug-likeness (QED) is 0.829. The van der Waals surface area contributed by atoms with Crippen LogP contribution < -0.4 is 10.5 Å². The second kappa shape index (κ2) is 6.34. The summed E-state index contributed by atoms with van der Waals surface area (Å²) < 4.78 is 28.2. The summed E-state index contributed by atoms with van der Waals surface area (Å²) in [4.78, 5) is 2.64. The van der Waals surface area contributed by atoms with Crippen molar-refractivity contribution >= 4 is 15.7 Å². The molecular weight excluding hydrogens is 286 g/mol. The van der Waals surface area contributed by atoms with E-state index in [9.17, 15) is 8.42 Å². The molecule has 1 heterocycles. The van der Waals surface area contributed by atoms with Gasteiger partial charge in [0.05, 0.1) is 4.90 Å². The standard InChI is InChI=1S/C15H25N3O2S/c1-4-18-7-5-6-14(10-18)17-21(19,20)15-11(2)8-13(16)9-12(15)3/h8-9,14,17H,4-7,10,16H2,1-3H3. The summed E-state index contributed by atoms with van der Waals surface area (Å²) in [5, 5.41) is 0. The van der Waals surface area contributed by atoms with Gasteiger partial charge in [-0.15, -0.1) is 0 Å². The third kappa shape index (κ3) is 3.75. The Balaban J connectivity index is 2.23. The summed E-state index contributed by atoms with van der Waals surface area (Å²) in [6.45, 7) is 8.47. The van der Waals surface area contributed by atoms with E-state index in [1.54, 1.807) is 26.0 Å². The van der Waals surface area contributed by atoms with E-state index in [0.717, 1.165) is 32.5 Å². The molecule has 1 fully saturated rings. The lowest BCUT2D eigenvalue weighted by atomic mass is 10.1. The van der Waals surface area contributed by atoms with Crippen molar-refractivity contribution in [1.82, 2.24) is 9.62 Å². The van der Waals surface area contributed by atoms with Crippen molar-refractivity contribution in [3.63, 3.8) is 0 Å². The molecule has 1 aromatic carbocycles. The zero-order chi connectivity index (χ0) is 15.6. The third-order valence-electron chi connectivity index (χ3n) is 4.03. The number of hydrogen-bond acceptors (Lipinski definition) is 4. The van der Waals surface area contributed by atoms with E-state index in [1.807, 2.05) is 0 Å². The molecule has 1 aliphatic heterocycles. The fraction of sp³-hybridized carbons (Fsp3) is 0.600. The van der Waals surface area contributed by atoms with Gasteiger partial charge >= 0.3 is 0 Å². The highest BCUT2D eigenvalue weighted by atomic mass is 32.2. The van der Waals surface area contributed by atoms with Gasteiger partial charge in [-0.1, -0.05) is 6.92 Å². The molecule has 1 atom stereocenters. The minimum absolute atomic E-state index is 0.0138. The number of hydrogen-bond donors (Lipinski definition) is 2. The van der Waals surface area contributed by atoms with E-state index in [-0.39, 0.29) is 6.04 Å². The lowest BCUT2D eigenvalue weighted by Gasteiger charge is -2.32. The number of anilines is 1. The minimum atomic E-state index is -3.50. The summed E-state index contributed by atoms with van der Waals surface area (Å²) >= 11 is 0. The molecule has 1 aromatic rings. The van der Waals surface area contributed by atoms with Crippen molar-refractivity contribution in [2.24, 2.45) is 0 Å². The van der Waals surface area contributed by atoms with Crippen LogP contribution in [0.15, 0.2) is 17.0 Å². The zero-order valence-corrected chi connectivity index (χ0v) is 13.8. The van der Waals surface area contributed by atoms with Crippen molar-refractivity contribution in [2.45, 2.75) is 44.6 Å². The van der Waals surface area contributed by atoms with Crippen molar-refractivity contribution in [3.8, 4) is 0 Å². The molecule has 21 heavy (non-hydrogen) atoms. The molecule has 5 nitrogen and oxygen atoms in total. The maximum Gasteiger partial charge on any atom is 0.241 e. The van der Waals surface area contributed by atoms with Gasteiger partial charge in [-0.25, -0.2) is 13.1 Å². The average molecular weight is 311 g/mol. The van der Waals surface area contributed by atoms with Crippen LogP contribution in [0.3, 0.4) is 0 Å². The summed E-state index contributed by atoms with van der Waals surface area (Å²) in [5.41, 5.74) is 7.76. The highest BCUT2D eigenvalue weighted by Gasteiger charge is 2.26. The summed E-state index contributed by atoms with van der Waals surface area (Å²) in [6.07, 6.45) is 1.92. The second-order valence-corrected chi connectivity index (χ2v) is 7.49. The molecule has 1 unspecified atom stereocenters. The fourth-order valence-electron chi connectivity index (χ4n) is 3.12. The number of sulfonamides is 1. The largest absolute Gasteiger partial charge is 0.399 e. The first-order chi connectivity index (χ1) is 9.83. The average Bonchev–Trinajstić information content (AvgIpc) is 2.36. The molecule has 0 spiro atoms. The lowest BCUT2D eigenvalue weighted by molar-refractivity contribution is 0.211. The first-order valence-corrected chi connectivity index (χ1v) is 8.93. The molecule has 0 bridgehead atoms. The van der Waals surface area contributed by atoms with E-state index in [2.05, 4.69) is 16.5 Å². The topological polar surface area (TPSA) is 75.4 Å². The highest BCUT2D eigenvalue weighted by molar-refractivity contribution is 7.89. The molecule has 0 saturated carbocycles. The fourth-order valence-corrected chi connectivity index (χ4v) is 4.84. The Hall–Kier alpha value is -1.11. The van der Waals surface area contributed by atoms with Gasteiger partial charge in [-0.2, -0.15) is 0 Å². The predicted octanol–water partition coefficient (Wildman–Crippen LogP) is 1.65. The number of nitrogen functional groups attached to an aromatic ring is 1. The summed E-state index contributed by atoms with van der Waals surface area (Å²) in [7, 11) is -3.50. The van der Waals surface area contributed by atoms with Gasteiger partial charge in [0, 0.05) is 18.3 Å². The Morgan fingerprint density at radius 3 is 2.52 bits per heavy atom. The number of rotatable bonds is 4. The molecule has 0 radical (unpaired) electrons. The van der Waals surface area contributed by atoms with Gasteiger partial charge in [0.1, 0.15) is 0 Å². The number of nitrogens with zero attached hydrogens (tertiary/aromatic N) is 1. The van der Waals surface area contributed by atoms with Crippen LogP contribution in [-0.2, 0) is 10.0 Å². The molecular formula is C15H25N3O2S. The van der Waals surface area contributed by atoms with E-state index < -0.39 is 10.0 Å². The predicted molar refractivity (Wildman–Crippen MR) is 85.8 cm³/mol. The maximum atomic E-state index is 12.7. The smallest absolute Gasteiger partial charge is 0.241 e. The molecule has 0 amide bonds. The Labute approximate surface area is 127 Å². The Kier molecular flexibility index (Phi) is 4.91. The number of benzene rings is 1. The van der Waals surface area contributed by atoms with Crippen molar-refractivity contribution in [2.75, 3.05) is 25.4 Å². The number of piperidine rings is 1. The van der Waals surface area contributed by atoms with Crippen LogP contribution in [0.1, 0.15) is 30.9 Å². The van der Waals surface area contributed by atoms with Crippen LogP contribution in [0.25, 0.3) is 0 Å². The molecule has 3 N–H and O–H groups in total. The van der Waals surface area contributed by atoms with Gasteiger partial charge in [-0.05, 0) is 63.0 Å². The van der Waals surface area contributed by atoms with Crippen molar-refractivity contribution in [3.05, 3.63) is 23.3 Å². The van der Waals surface area contributed by atoms with Crippen molar-refractivity contribution < 1.29 is 8.42 Å². The highest BCUT2D eigenvalue weighted by Crippen LogP contribution is 2.24. The van der Waals surface area contributed by atoms with E-state index in [1.165, 1.54) is 0 Å². The Bertz CT molecular complexity index is 590. The molecule has 118 valence electrons. The first kappa shape index (κ1) is 16.3. The molecule has 0 aliphatic carbocycles. The van der Waals surface area contributed by atoms with Crippen LogP contribution in [0.2, 0.25) is 0 Å². The number of nitrogens with two attached hydrogens (primary N) is 1. The normalized spacial score (nSPS) is 20.6. The van der Waals surface area contributed by atoms with Crippen LogP contribution in [0.4, 0.5) is 5.69 Å². The molecule has 1 aliphatic rings. The monoisotopic (exact) mass is 311 g/mol. The van der Waals surface area contributed by atoms with Gasteiger partial charge in [0.15, 0.2) is 0 Å². The van der Waals surface area contributed by atoms with E-state index >= 15 is 0 Å². The van der Waals surface area contributed by atoms with Crippen LogP contribution in [0, 0.1) is 13.8 Å². The second-order valence-electron chi connectivity index (χ2n) is 5.84. The summed E-state index contributed by atoms with van der Waals surface area (Å²) in [6, 6.07) is 3.40. The first-order valence-electron chi connectivity index (χ1n) is 7.45. The maximum absolute atomic E-state index is 12.7. The zero-order valence-electron chi connectivity index (χ0n) is 13.0. The number of nitrogens with one attached hydrogen (secondary N) is 1. The van der Waals surface area contributed by atoms with Crippen LogP contribution in [0.5, 0.6) is 0 Å². The summed E-state index contributed by atoms with van der Waals surface area (Å²) in [5.74, 6) is 0. The SMILES string of the molecule is CCN1CCCC(NS(=O)(=O)c2c(C)cc(N)cc2C)C1. The Morgan fingerprint density at radius 1 is 1.33 bits per heavy atom. The van der Waals surface area contributed by atoms with Crippen LogP contribution >= 0.6 is 0 Å². The van der Waals surface area contributed by atoms with E-state index in [0.29, 0.717) is 21.7 Å². The third-order valence-corrected chi connectivity index (χ3v) is 5.85. The van der Waals surface area contributed by atoms with Crippen LogP contribution in [-0.4, -0.2) is 39.0 Å². The molecule has 2 rings (SSSR count). The van der Waals surface area contributed by atoms with E-state index in [4.69, 9.17) is 5.73 Å². The van der Waals surface area contributed by atoms with Crippen molar-refractivity contribution in [1.29, 1.82) is 0 Å². The number of aryl methyl sites for hydroxylation is 2. The minimum Gasteiger partial charge on any atom is -0.399 e. The molecule has 0 aromatic heterocycles. The number of likely N-dealkylation sites (tertiary alicyclic amines) is 1. The van der Waals surface area contributed by atoms with Gasteiger partial charge < -0.3 is 10.6 Å². The van der Waals surface area contributed by atoms with Gasteiger partial charge in [0.25, 0.3) is 0 Å². The Morgan fingerprint density at radius 2 is 1.95 bits per heavy atom. The van der Waals surface area contributed by atoms with Gasteiger partial charge in [0.2, 0.25) is 10.0 Å². The molecule has 1 saturated heterocycles. The van der Waals surface area contributed by atoms with Gasteiger partial charge in [-0.3, -0.25) is 0 Å². The lowest BCUT2D eigenvalue weighted by Crippen LogP contribution is -2.47. The molecule has 6 heteroatoms. The number of likely N-dealkylation sites (N-methyl/N-ethyl adjacent to an activating group) is 1.